The number of ether oxygens (including phenoxy) is 1. The molecule has 0 atom stereocenters. The standard InChI is InChI=1S/C15H14N2O2S/c1-2-19-13-5-3-11(4-6-13)14(18)9-12-10-17-7-8-20-15(17)16-12/h3-8,10H,2,9H2,1H3. The molecule has 5 heteroatoms. The zero-order chi connectivity index (χ0) is 13.9. The van der Waals surface area contributed by atoms with Crippen molar-refractivity contribution in [1.82, 2.24) is 9.38 Å². The van der Waals surface area contributed by atoms with Gasteiger partial charge in [-0.2, -0.15) is 0 Å². The predicted molar refractivity (Wildman–Crippen MR) is 78.7 cm³/mol. The van der Waals surface area contributed by atoms with Crippen molar-refractivity contribution in [2.24, 2.45) is 0 Å². The van der Waals surface area contributed by atoms with Crippen LogP contribution in [0, 0.1) is 0 Å². The summed E-state index contributed by atoms with van der Waals surface area (Å²) in [5.41, 5.74) is 1.49. The van der Waals surface area contributed by atoms with Crippen molar-refractivity contribution in [3.05, 3.63) is 53.3 Å². The van der Waals surface area contributed by atoms with Gasteiger partial charge < -0.3 is 4.74 Å². The maximum atomic E-state index is 12.2. The van der Waals surface area contributed by atoms with Crippen LogP contribution in [0.3, 0.4) is 0 Å². The molecule has 0 spiro atoms. The van der Waals surface area contributed by atoms with Gasteiger partial charge in [-0.3, -0.25) is 9.20 Å². The van der Waals surface area contributed by atoms with E-state index in [0.29, 0.717) is 18.6 Å². The normalized spacial score (nSPS) is 10.8. The van der Waals surface area contributed by atoms with Crippen molar-refractivity contribution in [2.75, 3.05) is 6.61 Å². The summed E-state index contributed by atoms with van der Waals surface area (Å²) in [6.07, 6.45) is 4.17. The summed E-state index contributed by atoms with van der Waals surface area (Å²) >= 11 is 1.56. The van der Waals surface area contributed by atoms with Gasteiger partial charge in [0.15, 0.2) is 10.7 Å². The Morgan fingerprint density at radius 3 is 2.85 bits per heavy atom. The van der Waals surface area contributed by atoms with Gasteiger partial charge in [-0.05, 0) is 31.2 Å². The van der Waals surface area contributed by atoms with E-state index in [-0.39, 0.29) is 5.78 Å². The Kier molecular flexibility index (Phi) is 3.52. The summed E-state index contributed by atoms with van der Waals surface area (Å²) in [6.45, 7) is 2.56. The lowest BCUT2D eigenvalue weighted by molar-refractivity contribution is 0.0992. The Bertz CT molecular complexity index is 699. The number of hydrogen-bond donors (Lipinski definition) is 0. The first-order valence-electron chi connectivity index (χ1n) is 6.43. The molecule has 0 N–H and O–H groups in total. The first-order chi connectivity index (χ1) is 9.76. The molecule has 20 heavy (non-hydrogen) atoms. The Morgan fingerprint density at radius 1 is 1.35 bits per heavy atom. The van der Waals surface area contributed by atoms with E-state index in [4.69, 9.17) is 4.74 Å². The van der Waals surface area contributed by atoms with Crippen molar-refractivity contribution in [3.63, 3.8) is 0 Å². The first-order valence-corrected chi connectivity index (χ1v) is 7.31. The van der Waals surface area contributed by atoms with E-state index < -0.39 is 0 Å². The lowest BCUT2D eigenvalue weighted by atomic mass is 10.1. The summed E-state index contributed by atoms with van der Waals surface area (Å²) in [5, 5.41) is 1.97. The zero-order valence-corrected chi connectivity index (χ0v) is 11.9. The number of carbonyl (C=O) groups is 1. The van der Waals surface area contributed by atoms with Crippen LogP contribution in [0.5, 0.6) is 5.75 Å². The van der Waals surface area contributed by atoms with Crippen LogP contribution in [-0.2, 0) is 6.42 Å². The molecule has 2 heterocycles. The molecule has 0 aliphatic carbocycles. The third-order valence-corrected chi connectivity index (χ3v) is 3.74. The number of nitrogens with zero attached hydrogens (tertiary/aromatic N) is 2. The van der Waals surface area contributed by atoms with E-state index >= 15 is 0 Å². The fourth-order valence-electron chi connectivity index (χ4n) is 2.03. The van der Waals surface area contributed by atoms with Crippen LogP contribution in [0.15, 0.2) is 42.0 Å². The van der Waals surface area contributed by atoms with Gasteiger partial charge in [0.1, 0.15) is 5.75 Å². The van der Waals surface area contributed by atoms with Gasteiger partial charge in [0.2, 0.25) is 0 Å². The molecule has 3 aromatic rings. The van der Waals surface area contributed by atoms with Crippen LogP contribution in [0.2, 0.25) is 0 Å². The van der Waals surface area contributed by atoms with Gasteiger partial charge in [-0.15, -0.1) is 11.3 Å². The number of hydrogen-bond acceptors (Lipinski definition) is 4. The zero-order valence-electron chi connectivity index (χ0n) is 11.1. The Labute approximate surface area is 120 Å². The maximum absolute atomic E-state index is 12.2. The number of ketones is 1. The quantitative estimate of drug-likeness (QED) is 0.676. The van der Waals surface area contributed by atoms with E-state index in [1.807, 2.05) is 41.2 Å². The molecule has 0 aliphatic heterocycles. The third-order valence-electron chi connectivity index (χ3n) is 2.97. The molecule has 0 fully saturated rings. The van der Waals surface area contributed by atoms with Crippen LogP contribution >= 0.6 is 11.3 Å². The summed E-state index contributed by atoms with van der Waals surface area (Å²) < 4.78 is 7.30. The number of carbonyl (C=O) groups excluding carboxylic acids is 1. The van der Waals surface area contributed by atoms with Crippen LogP contribution in [0.4, 0.5) is 0 Å². The lowest BCUT2D eigenvalue weighted by Gasteiger charge is -2.03. The Morgan fingerprint density at radius 2 is 2.15 bits per heavy atom. The van der Waals surface area contributed by atoms with Gasteiger partial charge in [-0.1, -0.05) is 0 Å². The fraction of sp³-hybridized carbons (Fsp3) is 0.200. The molecule has 102 valence electrons. The molecular weight excluding hydrogens is 272 g/mol. The SMILES string of the molecule is CCOc1ccc(C(=O)Cc2cn3ccsc3n2)cc1. The van der Waals surface area contributed by atoms with Gasteiger partial charge in [-0.25, -0.2) is 4.98 Å². The summed E-state index contributed by atoms with van der Waals surface area (Å²) in [7, 11) is 0. The van der Waals surface area contributed by atoms with E-state index in [9.17, 15) is 4.79 Å². The van der Waals surface area contributed by atoms with E-state index in [1.165, 1.54) is 0 Å². The Hall–Kier alpha value is -2.14. The maximum Gasteiger partial charge on any atom is 0.193 e. The molecule has 1 aromatic carbocycles. The predicted octanol–water partition coefficient (Wildman–Crippen LogP) is 3.22. The van der Waals surface area contributed by atoms with E-state index in [2.05, 4.69) is 4.98 Å². The second kappa shape index (κ2) is 5.46. The molecule has 4 nitrogen and oxygen atoms in total. The molecule has 2 aromatic heterocycles. The van der Waals surface area contributed by atoms with Crippen molar-refractivity contribution < 1.29 is 9.53 Å². The van der Waals surface area contributed by atoms with E-state index in [1.54, 1.807) is 23.5 Å². The molecular formula is C15H14N2O2S. The van der Waals surface area contributed by atoms with Crippen molar-refractivity contribution in [3.8, 4) is 5.75 Å². The number of imidazole rings is 1. The van der Waals surface area contributed by atoms with Crippen molar-refractivity contribution >= 4 is 22.1 Å². The number of aromatic nitrogens is 2. The van der Waals surface area contributed by atoms with Gasteiger partial charge >= 0.3 is 0 Å². The number of rotatable bonds is 5. The first kappa shape index (κ1) is 12.9. The number of Topliss-reactive ketones (excluding diaryl/α,β-unsaturated/α-hetero) is 1. The third kappa shape index (κ3) is 2.58. The molecule has 0 amide bonds. The second-order valence-corrected chi connectivity index (χ2v) is 5.26. The highest BCUT2D eigenvalue weighted by Crippen LogP contribution is 2.16. The largest absolute Gasteiger partial charge is 0.494 e. The van der Waals surface area contributed by atoms with Gasteiger partial charge in [0.05, 0.1) is 18.7 Å². The minimum absolute atomic E-state index is 0.0683. The molecule has 0 saturated heterocycles. The minimum Gasteiger partial charge on any atom is -0.494 e. The monoisotopic (exact) mass is 286 g/mol. The number of benzene rings is 1. The summed E-state index contributed by atoms with van der Waals surface area (Å²) in [4.78, 5) is 17.5. The molecule has 0 saturated carbocycles. The highest BCUT2D eigenvalue weighted by Gasteiger charge is 2.10. The highest BCUT2D eigenvalue weighted by molar-refractivity contribution is 7.15. The minimum atomic E-state index is 0.0683. The Balaban J connectivity index is 1.73. The molecule has 0 unspecified atom stereocenters. The second-order valence-electron chi connectivity index (χ2n) is 4.38. The molecule has 0 bridgehead atoms. The number of thiazole rings is 1. The molecule has 3 rings (SSSR count). The lowest BCUT2D eigenvalue weighted by Crippen LogP contribution is -2.04. The van der Waals surface area contributed by atoms with Crippen LogP contribution in [0.1, 0.15) is 23.0 Å². The summed E-state index contributed by atoms with van der Waals surface area (Å²) in [6, 6.07) is 7.24. The molecule has 0 aliphatic rings. The van der Waals surface area contributed by atoms with Crippen molar-refractivity contribution in [2.45, 2.75) is 13.3 Å². The average Bonchev–Trinajstić information content (AvgIpc) is 3.01. The topological polar surface area (TPSA) is 43.6 Å². The van der Waals surface area contributed by atoms with E-state index in [0.717, 1.165) is 16.4 Å². The smallest absolute Gasteiger partial charge is 0.193 e. The number of fused-ring (bicyclic) bond motifs is 1. The van der Waals surface area contributed by atoms with Crippen LogP contribution < -0.4 is 4.74 Å². The average molecular weight is 286 g/mol. The highest BCUT2D eigenvalue weighted by atomic mass is 32.1. The van der Waals surface area contributed by atoms with Gasteiger partial charge in [0.25, 0.3) is 0 Å². The fourth-order valence-corrected chi connectivity index (χ4v) is 2.75. The summed E-state index contributed by atoms with van der Waals surface area (Å²) in [5.74, 6) is 0.852. The van der Waals surface area contributed by atoms with Crippen molar-refractivity contribution in [1.29, 1.82) is 0 Å². The molecule has 0 radical (unpaired) electrons. The van der Waals surface area contributed by atoms with Crippen LogP contribution in [0.25, 0.3) is 4.96 Å². The van der Waals surface area contributed by atoms with Crippen LogP contribution in [-0.4, -0.2) is 21.8 Å². The van der Waals surface area contributed by atoms with Gasteiger partial charge in [0, 0.05) is 23.3 Å².